The molecule has 156 valence electrons. The average molecular weight is 443 g/mol. The molecule has 3 rings (SSSR count). The number of anilines is 1. The van der Waals surface area contributed by atoms with Crippen molar-refractivity contribution in [1.82, 2.24) is 15.5 Å². The minimum Gasteiger partial charge on any atom is -0.340 e. The van der Waals surface area contributed by atoms with Crippen LogP contribution in [0, 0.1) is 12.8 Å². The van der Waals surface area contributed by atoms with Crippen LogP contribution in [0.4, 0.5) is 5.13 Å². The van der Waals surface area contributed by atoms with E-state index in [4.69, 9.17) is 11.6 Å². The smallest absolute Gasteiger partial charge is 0.251 e. The number of halogens is 1. The summed E-state index contributed by atoms with van der Waals surface area (Å²) < 4.78 is 0. The third-order valence-electron chi connectivity index (χ3n) is 4.81. The zero-order valence-electron chi connectivity index (χ0n) is 17.0. The number of rotatable bonds is 7. The second kappa shape index (κ2) is 9.82. The Balaban J connectivity index is 1.73. The van der Waals surface area contributed by atoms with Gasteiger partial charge >= 0.3 is 0 Å². The first-order valence-corrected chi connectivity index (χ1v) is 10.8. The van der Waals surface area contributed by atoms with Crippen molar-refractivity contribution in [2.75, 3.05) is 5.32 Å². The van der Waals surface area contributed by atoms with Crippen LogP contribution in [-0.2, 0) is 4.79 Å². The van der Waals surface area contributed by atoms with Crippen LogP contribution < -0.4 is 10.6 Å². The molecular formula is C22H23ClN4O2S. The molecule has 0 bridgehead atoms. The third kappa shape index (κ3) is 5.43. The van der Waals surface area contributed by atoms with E-state index < -0.39 is 6.04 Å². The highest BCUT2D eigenvalue weighted by molar-refractivity contribution is 7.18. The van der Waals surface area contributed by atoms with E-state index in [1.165, 1.54) is 11.3 Å². The van der Waals surface area contributed by atoms with Crippen molar-refractivity contribution in [2.45, 2.75) is 33.2 Å². The van der Waals surface area contributed by atoms with Gasteiger partial charge < -0.3 is 5.32 Å². The number of carbonyl (C=O) groups excluding carboxylic acids is 2. The van der Waals surface area contributed by atoms with Crippen LogP contribution in [-0.4, -0.2) is 28.1 Å². The maximum Gasteiger partial charge on any atom is 0.251 e. The molecule has 2 unspecified atom stereocenters. The molecule has 8 heteroatoms. The normalized spacial score (nSPS) is 12.8. The Hall–Kier alpha value is -2.77. The summed E-state index contributed by atoms with van der Waals surface area (Å²) in [4.78, 5) is 25.5. The number of aryl methyl sites for hydroxylation is 1. The maximum absolute atomic E-state index is 12.9. The summed E-state index contributed by atoms with van der Waals surface area (Å²) in [6, 6.07) is 13.8. The van der Waals surface area contributed by atoms with Crippen LogP contribution in [0.25, 0.3) is 10.6 Å². The van der Waals surface area contributed by atoms with Gasteiger partial charge in [-0.1, -0.05) is 67.0 Å². The number of hydrogen-bond donors (Lipinski definition) is 2. The molecule has 0 aliphatic heterocycles. The molecule has 0 fully saturated rings. The minimum atomic E-state index is -0.704. The molecular weight excluding hydrogens is 420 g/mol. The van der Waals surface area contributed by atoms with Gasteiger partial charge in [-0.2, -0.15) is 0 Å². The van der Waals surface area contributed by atoms with Gasteiger partial charge in [-0.25, -0.2) is 0 Å². The summed E-state index contributed by atoms with van der Waals surface area (Å²) in [6.45, 7) is 5.90. The van der Waals surface area contributed by atoms with Crippen LogP contribution in [0.1, 0.15) is 36.2 Å². The van der Waals surface area contributed by atoms with Crippen molar-refractivity contribution >= 4 is 39.9 Å². The second-order valence-corrected chi connectivity index (χ2v) is 8.53. The third-order valence-corrected chi connectivity index (χ3v) is 5.95. The van der Waals surface area contributed by atoms with Gasteiger partial charge in [0.2, 0.25) is 11.0 Å². The lowest BCUT2D eigenvalue weighted by molar-refractivity contribution is -0.119. The lowest BCUT2D eigenvalue weighted by atomic mass is 9.98. The predicted octanol–water partition coefficient (Wildman–Crippen LogP) is 4.95. The maximum atomic E-state index is 12.9. The average Bonchev–Trinajstić information content (AvgIpc) is 3.20. The quantitative estimate of drug-likeness (QED) is 0.542. The lowest BCUT2D eigenvalue weighted by Gasteiger charge is -2.23. The monoisotopic (exact) mass is 442 g/mol. The standard InChI is InChI=1S/C22H23ClN4O2S/c1-4-14(3)18(24-19(28)15-8-10-17(23)11-9-15)20(29)25-22-27-26-21(30-22)16-7-5-6-13(2)12-16/h5-12,14,18H,4H2,1-3H3,(H,24,28)(H,25,27,29). The van der Waals surface area contributed by atoms with Gasteiger partial charge in [0.1, 0.15) is 11.0 Å². The molecule has 1 heterocycles. The Morgan fingerprint density at radius 1 is 1.13 bits per heavy atom. The van der Waals surface area contributed by atoms with Gasteiger partial charge in [-0.15, -0.1) is 10.2 Å². The zero-order valence-corrected chi connectivity index (χ0v) is 18.6. The van der Waals surface area contributed by atoms with Gasteiger partial charge in [0.05, 0.1) is 0 Å². The molecule has 0 saturated heterocycles. The van der Waals surface area contributed by atoms with Gasteiger partial charge in [-0.3, -0.25) is 14.9 Å². The molecule has 0 aliphatic carbocycles. The first-order valence-electron chi connectivity index (χ1n) is 9.65. The highest BCUT2D eigenvalue weighted by Gasteiger charge is 2.27. The van der Waals surface area contributed by atoms with Crippen molar-refractivity contribution in [3.8, 4) is 10.6 Å². The van der Waals surface area contributed by atoms with Crippen molar-refractivity contribution in [1.29, 1.82) is 0 Å². The first-order chi connectivity index (χ1) is 14.4. The molecule has 0 aliphatic rings. The van der Waals surface area contributed by atoms with E-state index in [-0.39, 0.29) is 17.7 Å². The van der Waals surface area contributed by atoms with Crippen molar-refractivity contribution in [2.24, 2.45) is 5.92 Å². The van der Waals surface area contributed by atoms with E-state index in [1.807, 2.05) is 45.0 Å². The molecule has 2 atom stereocenters. The fraction of sp³-hybridized carbons (Fsp3) is 0.273. The van der Waals surface area contributed by atoms with Crippen LogP contribution in [0.5, 0.6) is 0 Å². The molecule has 3 aromatic rings. The molecule has 1 aromatic heterocycles. The van der Waals surface area contributed by atoms with E-state index in [2.05, 4.69) is 20.8 Å². The minimum absolute atomic E-state index is 0.0644. The Morgan fingerprint density at radius 3 is 2.53 bits per heavy atom. The van der Waals surface area contributed by atoms with Crippen LogP contribution in [0.3, 0.4) is 0 Å². The van der Waals surface area contributed by atoms with E-state index in [9.17, 15) is 9.59 Å². The molecule has 6 nitrogen and oxygen atoms in total. The van der Waals surface area contributed by atoms with Gasteiger partial charge in [0.25, 0.3) is 5.91 Å². The van der Waals surface area contributed by atoms with E-state index >= 15 is 0 Å². The van der Waals surface area contributed by atoms with Crippen molar-refractivity contribution in [3.05, 3.63) is 64.7 Å². The highest BCUT2D eigenvalue weighted by atomic mass is 35.5. The van der Waals surface area contributed by atoms with E-state index in [0.29, 0.717) is 15.7 Å². The summed E-state index contributed by atoms with van der Waals surface area (Å²) in [5, 5.41) is 15.6. The van der Waals surface area contributed by atoms with Crippen LogP contribution in [0.2, 0.25) is 5.02 Å². The Labute approximate surface area is 184 Å². The number of carbonyl (C=O) groups is 2. The molecule has 0 radical (unpaired) electrons. The topological polar surface area (TPSA) is 84.0 Å². The van der Waals surface area contributed by atoms with E-state index in [1.54, 1.807) is 24.3 Å². The summed E-state index contributed by atoms with van der Waals surface area (Å²) >= 11 is 7.18. The molecule has 2 amide bonds. The highest BCUT2D eigenvalue weighted by Crippen LogP contribution is 2.27. The van der Waals surface area contributed by atoms with E-state index in [0.717, 1.165) is 22.6 Å². The summed E-state index contributed by atoms with van der Waals surface area (Å²) in [5.41, 5.74) is 2.51. The molecule has 2 aromatic carbocycles. The Bertz CT molecular complexity index is 1040. The molecule has 2 N–H and O–H groups in total. The summed E-state index contributed by atoms with van der Waals surface area (Å²) in [7, 11) is 0. The second-order valence-electron chi connectivity index (χ2n) is 7.11. The molecule has 30 heavy (non-hydrogen) atoms. The fourth-order valence-electron chi connectivity index (χ4n) is 2.88. The van der Waals surface area contributed by atoms with Crippen molar-refractivity contribution < 1.29 is 9.59 Å². The Kier molecular flexibility index (Phi) is 7.18. The number of amides is 2. The summed E-state index contributed by atoms with van der Waals surface area (Å²) in [6.07, 6.45) is 0.726. The lowest BCUT2D eigenvalue weighted by Crippen LogP contribution is -2.47. The molecule has 0 saturated carbocycles. The number of benzene rings is 2. The predicted molar refractivity (Wildman–Crippen MR) is 121 cm³/mol. The van der Waals surface area contributed by atoms with Gasteiger partial charge in [0, 0.05) is 16.1 Å². The van der Waals surface area contributed by atoms with Crippen LogP contribution in [0.15, 0.2) is 48.5 Å². The largest absolute Gasteiger partial charge is 0.340 e. The fourth-order valence-corrected chi connectivity index (χ4v) is 3.75. The molecule has 0 spiro atoms. The first kappa shape index (κ1) is 21.9. The van der Waals surface area contributed by atoms with Gasteiger partial charge in [-0.05, 0) is 43.2 Å². The number of nitrogens with zero attached hydrogens (tertiary/aromatic N) is 2. The van der Waals surface area contributed by atoms with Crippen molar-refractivity contribution in [3.63, 3.8) is 0 Å². The Morgan fingerprint density at radius 2 is 1.87 bits per heavy atom. The van der Waals surface area contributed by atoms with Gasteiger partial charge in [0.15, 0.2) is 0 Å². The number of hydrogen-bond acceptors (Lipinski definition) is 5. The number of nitrogens with one attached hydrogen (secondary N) is 2. The zero-order chi connectivity index (χ0) is 21.7. The van der Waals surface area contributed by atoms with Crippen LogP contribution >= 0.6 is 22.9 Å². The number of aromatic nitrogens is 2. The summed E-state index contributed by atoms with van der Waals surface area (Å²) in [5.74, 6) is -0.714. The SMILES string of the molecule is CCC(C)C(NC(=O)c1ccc(Cl)cc1)C(=O)Nc1nnc(-c2cccc(C)c2)s1.